The molecule has 2 amide bonds. The predicted octanol–water partition coefficient (Wildman–Crippen LogP) is 2.34. The number of carbonyl (C=O) groups is 2. The molecule has 8 nitrogen and oxygen atoms in total. The molecule has 0 saturated heterocycles. The van der Waals surface area contributed by atoms with Crippen molar-refractivity contribution in [1.29, 1.82) is 0 Å². The number of hydrogen-bond acceptors (Lipinski definition) is 5. The van der Waals surface area contributed by atoms with Crippen LogP contribution in [0, 0.1) is 13.8 Å². The molecule has 0 bridgehead atoms. The molecule has 0 atom stereocenters. The maximum absolute atomic E-state index is 12.2. The lowest BCUT2D eigenvalue weighted by atomic mass is 10.1. The van der Waals surface area contributed by atoms with Gasteiger partial charge < -0.3 is 15.1 Å². The summed E-state index contributed by atoms with van der Waals surface area (Å²) in [6, 6.07) is 8.07. The van der Waals surface area contributed by atoms with E-state index in [2.05, 4.69) is 15.4 Å². The highest BCUT2D eigenvalue weighted by Gasteiger charge is 2.26. The molecule has 152 valence electrons. The first-order valence-corrected chi connectivity index (χ1v) is 10.2. The van der Waals surface area contributed by atoms with Crippen LogP contribution >= 0.6 is 0 Å². The van der Waals surface area contributed by atoms with Crippen LogP contribution in [-0.4, -0.2) is 32.3 Å². The van der Waals surface area contributed by atoms with Crippen LogP contribution in [0.5, 0.6) is 0 Å². The largest absolute Gasteiger partial charge is 0.438 e. The van der Waals surface area contributed by atoms with Gasteiger partial charge in [0.15, 0.2) is 5.76 Å². The maximum Gasteiger partial charge on any atom is 0.287 e. The monoisotopic (exact) mass is 407 g/mol. The summed E-state index contributed by atoms with van der Waals surface area (Å²) < 4.78 is 32.0. The molecule has 0 saturated carbocycles. The molecule has 3 N–H and O–H groups in total. The van der Waals surface area contributed by atoms with Crippen LogP contribution in [-0.2, 0) is 14.8 Å². The SMILES string of the molecule is Cc1cccc(C)c1NC(=O)CNC(=O)c1ccc(S(=O)(=O)NC(C)(C)C)o1. The average Bonchev–Trinajstić information content (AvgIpc) is 3.05. The Labute approximate surface area is 164 Å². The van der Waals surface area contributed by atoms with E-state index >= 15 is 0 Å². The Hall–Kier alpha value is -2.65. The number of rotatable bonds is 6. The summed E-state index contributed by atoms with van der Waals surface area (Å²) >= 11 is 0. The van der Waals surface area contributed by atoms with Crippen molar-refractivity contribution in [2.45, 2.75) is 45.2 Å². The smallest absolute Gasteiger partial charge is 0.287 e. The molecule has 0 aliphatic carbocycles. The summed E-state index contributed by atoms with van der Waals surface area (Å²) in [6.07, 6.45) is 0. The van der Waals surface area contributed by atoms with E-state index in [-0.39, 0.29) is 17.4 Å². The second-order valence-corrected chi connectivity index (χ2v) is 9.09. The number of sulfonamides is 1. The molecule has 9 heteroatoms. The Bertz CT molecular complexity index is 967. The normalized spacial score (nSPS) is 11.9. The van der Waals surface area contributed by atoms with E-state index in [9.17, 15) is 18.0 Å². The summed E-state index contributed by atoms with van der Waals surface area (Å²) in [7, 11) is -3.89. The summed E-state index contributed by atoms with van der Waals surface area (Å²) in [6.45, 7) is 8.53. The number of amides is 2. The zero-order valence-corrected chi connectivity index (χ0v) is 17.4. The second-order valence-electron chi connectivity index (χ2n) is 7.47. The predicted molar refractivity (Wildman–Crippen MR) is 106 cm³/mol. The molecule has 0 unspecified atom stereocenters. The minimum atomic E-state index is -3.89. The molecule has 0 aliphatic heterocycles. The van der Waals surface area contributed by atoms with Crippen LogP contribution in [0.15, 0.2) is 39.8 Å². The Morgan fingerprint density at radius 2 is 1.64 bits per heavy atom. The number of carbonyl (C=O) groups excluding carboxylic acids is 2. The fourth-order valence-corrected chi connectivity index (χ4v) is 3.84. The van der Waals surface area contributed by atoms with Crippen molar-refractivity contribution in [2.24, 2.45) is 0 Å². The molecule has 0 spiro atoms. The first-order chi connectivity index (χ1) is 12.9. The Morgan fingerprint density at radius 3 is 2.21 bits per heavy atom. The highest BCUT2D eigenvalue weighted by molar-refractivity contribution is 7.89. The van der Waals surface area contributed by atoms with E-state index in [1.807, 2.05) is 32.0 Å². The quantitative estimate of drug-likeness (QED) is 0.679. The van der Waals surface area contributed by atoms with Gasteiger partial charge in [0.1, 0.15) is 0 Å². The topological polar surface area (TPSA) is 118 Å². The molecule has 28 heavy (non-hydrogen) atoms. The van der Waals surface area contributed by atoms with Gasteiger partial charge in [-0.2, -0.15) is 0 Å². The van der Waals surface area contributed by atoms with Gasteiger partial charge in [0.25, 0.3) is 15.9 Å². The molecule has 0 aliphatic rings. The van der Waals surface area contributed by atoms with Crippen LogP contribution in [0.1, 0.15) is 42.5 Å². The molecule has 1 aromatic heterocycles. The van der Waals surface area contributed by atoms with Crippen molar-refractivity contribution in [3.8, 4) is 0 Å². The van der Waals surface area contributed by atoms with E-state index in [1.165, 1.54) is 12.1 Å². The van der Waals surface area contributed by atoms with Gasteiger partial charge in [-0.3, -0.25) is 9.59 Å². The van der Waals surface area contributed by atoms with Gasteiger partial charge in [-0.25, -0.2) is 13.1 Å². The van der Waals surface area contributed by atoms with Gasteiger partial charge in [-0.1, -0.05) is 18.2 Å². The van der Waals surface area contributed by atoms with Crippen molar-refractivity contribution in [2.75, 3.05) is 11.9 Å². The molecular weight excluding hydrogens is 382 g/mol. The van der Waals surface area contributed by atoms with Gasteiger partial charge in [0.2, 0.25) is 11.0 Å². The summed E-state index contributed by atoms with van der Waals surface area (Å²) in [5.41, 5.74) is 1.82. The van der Waals surface area contributed by atoms with Gasteiger partial charge in [0.05, 0.1) is 6.54 Å². The fraction of sp³-hybridized carbons (Fsp3) is 0.368. The van der Waals surface area contributed by atoms with Gasteiger partial charge >= 0.3 is 0 Å². The number of para-hydroxylation sites is 1. The number of hydrogen-bond donors (Lipinski definition) is 3. The third-order valence-corrected chi connectivity index (χ3v) is 5.30. The van der Waals surface area contributed by atoms with Crippen LogP contribution in [0.2, 0.25) is 0 Å². The van der Waals surface area contributed by atoms with Gasteiger partial charge in [-0.15, -0.1) is 0 Å². The lowest BCUT2D eigenvalue weighted by molar-refractivity contribution is -0.115. The number of aryl methyl sites for hydroxylation is 2. The van der Waals surface area contributed by atoms with Gasteiger partial charge in [-0.05, 0) is 57.9 Å². The number of furan rings is 1. The molecular formula is C19H25N3O5S. The van der Waals surface area contributed by atoms with Gasteiger partial charge in [0, 0.05) is 11.2 Å². The first-order valence-electron chi connectivity index (χ1n) is 8.67. The fourth-order valence-electron chi connectivity index (χ4n) is 2.48. The van der Waals surface area contributed by atoms with Crippen LogP contribution in [0.4, 0.5) is 5.69 Å². The lowest BCUT2D eigenvalue weighted by Crippen LogP contribution is -2.40. The molecule has 0 radical (unpaired) electrons. The average molecular weight is 407 g/mol. The molecule has 1 aromatic carbocycles. The molecule has 1 heterocycles. The number of nitrogens with one attached hydrogen (secondary N) is 3. The molecule has 2 aromatic rings. The summed E-state index contributed by atoms with van der Waals surface area (Å²) in [4.78, 5) is 24.3. The second kappa shape index (κ2) is 8.15. The Balaban J connectivity index is 1.99. The minimum Gasteiger partial charge on any atom is -0.438 e. The maximum atomic E-state index is 12.2. The molecule has 2 rings (SSSR count). The lowest BCUT2D eigenvalue weighted by Gasteiger charge is -2.18. The van der Waals surface area contributed by atoms with E-state index < -0.39 is 27.4 Å². The standard InChI is InChI=1S/C19H25N3O5S/c1-12-7-6-8-13(2)17(12)21-15(23)11-20-18(24)14-9-10-16(27-14)28(25,26)22-19(3,4)5/h6-10,22H,11H2,1-5H3,(H,20,24)(H,21,23). The number of benzene rings is 1. The van der Waals surface area contributed by atoms with Crippen LogP contribution < -0.4 is 15.4 Å². The molecule has 0 fully saturated rings. The van der Waals surface area contributed by atoms with Crippen molar-refractivity contribution >= 4 is 27.5 Å². The third-order valence-electron chi connectivity index (χ3n) is 3.67. The van der Waals surface area contributed by atoms with Crippen LogP contribution in [0.3, 0.4) is 0 Å². The van der Waals surface area contributed by atoms with Crippen molar-refractivity contribution in [1.82, 2.24) is 10.0 Å². The van der Waals surface area contributed by atoms with Crippen molar-refractivity contribution < 1.29 is 22.4 Å². The first kappa shape index (κ1) is 21.6. The third kappa shape index (κ3) is 5.67. The highest BCUT2D eigenvalue weighted by Crippen LogP contribution is 2.19. The van der Waals surface area contributed by atoms with E-state index in [4.69, 9.17) is 4.42 Å². The zero-order chi connectivity index (χ0) is 21.1. The van der Waals surface area contributed by atoms with Crippen LogP contribution in [0.25, 0.3) is 0 Å². The summed E-state index contributed by atoms with van der Waals surface area (Å²) in [5, 5.41) is 4.79. The Morgan fingerprint density at radius 1 is 1.04 bits per heavy atom. The Kier molecular flexibility index (Phi) is 6.30. The van der Waals surface area contributed by atoms with Crippen molar-refractivity contribution in [3.63, 3.8) is 0 Å². The minimum absolute atomic E-state index is 0.200. The number of anilines is 1. The van der Waals surface area contributed by atoms with E-state index in [1.54, 1.807) is 20.8 Å². The van der Waals surface area contributed by atoms with E-state index in [0.717, 1.165) is 11.1 Å². The zero-order valence-electron chi connectivity index (χ0n) is 16.5. The van der Waals surface area contributed by atoms with Crippen molar-refractivity contribution in [3.05, 3.63) is 47.2 Å². The summed E-state index contributed by atoms with van der Waals surface area (Å²) in [5.74, 6) is -1.29. The van der Waals surface area contributed by atoms with E-state index in [0.29, 0.717) is 5.69 Å². The highest BCUT2D eigenvalue weighted by atomic mass is 32.2.